The first-order valence-electron chi connectivity index (χ1n) is 5.32. The standard InChI is InChI=1S/C10H19Cl2NO.ClH/c1-2-7-6-13-4-3-8(7)5-9(14)10(11)12;/h7-10,13-14H,2-6H2,1H3;1H/t7-,8-,9-;/m1./s1. The van der Waals surface area contributed by atoms with Gasteiger partial charge in [-0.25, -0.2) is 0 Å². The van der Waals surface area contributed by atoms with Gasteiger partial charge < -0.3 is 10.4 Å². The van der Waals surface area contributed by atoms with E-state index in [0.29, 0.717) is 11.8 Å². The molecule has 1 aliphatic rings. The Morgan fingerprint density at radius 2 is 2.07 bits per heavy atom. The summed E-state index contributed by atoms with van der Waals surface area (Å²) >= 11 is 11.3. The zero-order valence-electron chi connectivity index (χ0n) is 8.96. The predicted molar refractivity (Wildman–Crippen MR) is 68.1 cm³/mol. The molecule has 0 radical (unpaired) electrons. The molecule has 5 heteroatoms. The third-order valence-corrected chi connectivity index (χ3v) is 3.71. The molecule has 1 rings (SSSR count). The molecule has 1 aliphatic heterocycles. The summed E-state index contributed by atoms with van der Waals surface area (Å²) < 4.78 is 0. The van der Waals surface area contributed by atoms with Crippen molar-refractivity contribution in [3.05, 3.63) is 0 Å². The summed E-state index contributed by atoms with van der Waals surface area (Å²) in [6.45, 7) is 4.29. The molecule has 15 heavy (non-hydrogen) atoms. The van der Waals surface area contributed by atoms with Crippen molar-refractivity contribution in [3.63, 3.8) is 0 Å². The van der Waals surface area contributed by atoms with Crippen LogP contribution in [-0.4, -0.2) is 29.1 Å². The molecular formula is C10H20Cl3NO. The maximum atomic E-state index is 9.61. The molecular weight excluding hydrogens is 256 g/mol. The van der Waals surface area contributed by atoms with Crippen molar-refractivity contribution in [2.75, 3.05) is 13.1 Å². The second kappa shape index (κ2) is 7.97. The first-order valence-corrected chi connectivity index (χ1v) is 6.19. The molecule has 0 unspecified atom stereocenters. The van der Waals surface area contributed by atoms with E-state index in [9.17, 15) is 5.11 Å². The lowest BCUT2D eigenvalue weighted by molar-refractivity contribution is 0.118. The van der Waals surface area contributed by atoms with E-state index in [1.54, 1.807) is 0 Å². The predicted octanol–water partition coefficient (Wildman–Crippen LogP) is 2.60. The normalized spacial score (nSPS) is 28.6. The molecule has 0 spiro atoms. The molecule has 0 aliphatic carbocycles. The Morgan fingerprint density at radius 1 is 1.40 bits per heavy atom. The number of alkyl halides is 2. The number of hydrogen-bond donors (Lipinski definition) is 2. The van der Waals surface area contributed by atoms with Crippen LogP contribution in [0.25, 0.3) is 0 Å². The van der Waals surface area contributed by atoms with Crippen LogP contribution in [0.2, 0.25) is 0 Å². The molecule has 1 saturated heterocycles. The van der Waals surface area contributed by atoms with Crippen molar-refractivity contribution in [1.29, 1.82) is 0 Å². The fraction of sp³-hybridized carbons (Fsp3) is 1.00. The van der Waals surface area contributed by atoms with Crippen molar-refractivity contribution in [1.82, 2.24) is 5.32 Å². The molecule has 1 fully saturated rings. The Balaban J connectivity index is 0.00000196. The van der Waals surface area contributed by atoms with Crippen molar-refractivity contribution >= 4 is 35.6 Å². The van der Waals surface area contributed by atoms with Gasteiger partial charge in [0.1, 0.15) is 4.84 Å². The van der Waals surface area contributed by atoms with Gasteiger partial charge in [-0.1, -0.05) is 13.3 Å². The van der Waals surface area contributed by atoms with Crippen LogP contribution < -0.4 is 5.32 Å². The molecule has 92 valence electrons. The lowest BCUT2D eigenvalue weighted by Gasteiger charge is -2.33. The number of nitrogens with one attached hydrogen (secondary N) is 1. The van der Waals surface area contributed by atoms with Gasteiger partial charge in [0.05, 0.1) is 6.10 Å². The van der Waals surface area contributed by atoms with Gasteiger partial charge in [-0.3, -0.25) is 0 Å². The third kappa shape index (κ3) is 5.10. The smallest absolute Gasteiger partial charge is 0.133 e. The van der Waals surface area contributed by atoms with Crippen molar-refractivity contribution in [2.24, 2.45) is 11.8 Å². The summed E-state index contributed by atoms with van der Waals surface area (Å²) in [4.78, 5) is -0.651. The van der Waals surface area contributed by atoms with E-state index in [1.807, 2.05) is 0 Å². The van der Waals surface area contributed by atoms with Gasteiger partial charge in [-0.05, 0) is 37.8 Å². The van der Waals surface area contributed by atoms with Crippen molar-refractivity contribution in [3.8, 4) is 0 Å². The summed E-state index contributed by atoms with van der Waals surface area (Å²) in [6.07, 6.45) is 2.43. The number of hydrogen-bond acceptors (Lipinski definition) is 2. The fourth-order valence-electron chi connectivity index (χ4n) is 2.18. The number of aliphatic hydroxyl groups is 1. The zero-order chi connectivity index (χ0) is 10.6. The number of rotatable bonds is 4. The van der Waals surface area contributed by atoms with E-state index >= 15 is 0 Å². The summed E-state index contributed by atoms with van der Waals surface area (Å²) in [5.41, 5.74) is 0. The summed E-state index contributed by atoms with van der Waals surface area (Å²) in [7, 11) is 0. The van der Waals surface area contributed by atoms with Crippen LogP contribution in [0.5, 0.6) is 0 Å². The van der Waals surface area contributed by atoms with Crippen LogP contribution in [0.3, 0.4) is 0 Å². The van der Waals surface area contributed by atoms with Crippen LogP contribution >= 0.6 is 35.6 Å². The topological polar surface area (TPSA) is 32.3 Å². The van der Waals surface area contributed by atoms with E-state index in [-0.39, 0.29) is 12.4 Å². The molecule has 2 N–H and O–H groups in total. The largest absolute Gasteiger partial charge is 0.390 e. The monoisotopic (exact) mass is 275 g/mol. The quantitative estimate of drug-likeness (QED) is 0.774. The first-order chi connectivity index (χ1) is 6.65. The Labute approximate surface area is 108 Å². The van der Waals surface area contributed by atoms with Gasteiger partial charge in [-0.15, -0.1) is 35.6 Å². The Hall–Kier alpha value is 0.790. The van der Waals surface area contributed by atoms with E-state index in [4.69, 9.17) is 23.2 Å². The highest BCUT2D eigenvalue weighted by atomic mass is 35.5. The van der Waals surface area contributed by atoms with Gasteiger partial charge in [0.15, 0.2) is 0 Å². The van der Waals surface area contributed by atoms with Crippen molar-refractivity contribution < 1.29 is 5.11 Å². The Bertz CT molecular complexity index is 169. The minimum absolute atomic E-state index is 0. The second-order valence-corrected chi connectivity index (χ2v) is 5.22. The molecule has 0 amide bonds. The van der Waals surface area contributed by atoms with Crippen LogP contribution in [-0.2, 0) is 0 Å². The fourth-order valence-corrected chi connectivity index (χ4v) is 2.38. The number of halogens is 3. The molecule has 0 saturated carbocycles. The summed E-state index contributed by atoms with van der Waals surface area (Å²) in [6, 6.07) is 0. The molecule has 1 heterocycles. The van der Waals surface area contributed by atoms with E-state index in [0.717, 1.165) is 32.4 Å². The summed E-state index contributed by atoms with van der Waals surface area (Å²) in [5.74, 6) is 1.22. The summed E-state index contributed by atoms with van der Waals surface area (Å²) in [5, 5.41) is 13.0. The lowest BCUT2D eigenvalue weighted by Crippen LogP contribution is -2.38. The molecule has 2 nitrogen and oxygen atoms in total. The van der Waals surface area contributed by atoms with E-state index < -0.39 is 10.9 Å². The highest BCUT2D eigenvalue weighted by Crippen LogP contribution is 2.28. The lowest BCUT2D eigenvalue weighted by atomic mass is 9.81. The minimum Gasteiger partial charge on any atom is -0.390 e. The maximum absolute atomic E-state index is 9.61. The van der Waals surface area contributed by atoms with Gasteiger partial charge in [0.2, 0.25) is 0 Å². The number of aliphatic hydroxyl groups excluding tert-OH is 1. The molecule has 0 aromatic rings. The van der Waals surface area contributed by atoms with Crippen molar-refractivity contribution in [2.45, 2.75) is 37.1 Å². The van der Waals surface area contributed by atoms with Gasteiger partial charge in [-0.2, -0.15) is 0 Å². The highest BCUT2D eigenvalue weighted by molar-refractivity contribution is 6.44. The first kappa shape index (κ1) is 15.8. The zero-order valence-corrected chi connectivity index (χ0v) is 11.3. The van der Waals surface area contributed by atoms with Gasteiger partial charge in [0, 0.05) is 0 Å². The van der Waals surface area contributed by atoms with Gasteiger partial charge >= 0.3 is 0 Å². The Kier molecular flexibility index (Phi) is 8.39. The number of piperidine rings is 1. The SMILES string of the molecule is CC[C@@H]1CNCC[C@@H]1C[C@@H](O)C(Cl)Cl.Cl. The average Bonchev–Trinajstić information content (AvgIpc) is 2.18. The minimum atomic E-state index is -0.651. The van der Waals surface area contributed by atoms with Gasteiger partial charge in [0.25, 0.3) is 0 Å². The molecule has 0 bridgehead atoms. The van der Waals surface area contributed by atoms with Crippen LogP contribution in [0, 0.1) is 11.8 Å². The second-order valence-electron chi connectivity index (χ2n) is 4.06. The average molecular weight is 277 g/mol. The highest BCUT2D eigenvalue weighted by Gasteiger charge is 2.27. The molecule has 0 aromatic carbocycles. The molecule has 3 atom stereocenters. The van der Waals surface area contributed by atoms with Crippen LogP contribution in [0.15, 0.2) is 0 Å². The third-order valence-electron chi connectivity index (χ3n) is 3.12. The maximum Gasteiger partial charge on any atom is 0.133 e. The molecule has 0 aromatic heterocycles. The van der Waals surface area contributed by atoms with E-state index in [1.165, 1.54) is 0 Å². The van der Waals surface area contributed by atoms with Crippen LogP contribution in [0.1, 0.15) is 26.2 Å². The van der Waals surface area contributed by atoms with E-state index in [2.05, 4.69) is 12.2 Å². The Morgan fingerprint density at radius 3 is 2.60 bits per heavy atom. The van der Waals surface area contributed by atoms with Crippen LogP contribution in [0.4, 0.5) is 0 Å².